The number of amides is 3. The standard InChI is InChI=1S/C47H58N4O6/c1-31-42(29-51-40-13-9-8-10-34(40)22-27-41(51)44(53)50-47(2,3)4)56-45(57-43(31)35-18-16-33(30-52)17-19-35)36-20-14-32(15-21-36)28-48-46(54)49-37-23-25-39(26-24-37)55-38-11-6-5-7-12-38/h5-7,11-12,14-21,23-26,31,34,40-43,45,52H,8-10,13,22,27-30H2,1-4H3,(H,50,53)(H2,48,49,54)/t31-,34-,40-,41-,42+,43+,45+/m1/s1. The number of hydrogen-bond donors (Lipinski definition) is 4. The molecule has 10 nitrogen and oxygen atoms in total. The first-order valence-electron chi connectivity index (χ1n) is 20.6. The number of nitrogens with one attached hydrogen (secondary N) is 3. The van der Waals surface area contributed by atoms with Gasteiger partial charge in [-0.1, -0.05) is 86.5 Å². The van der Waals surface area contributed by atoms with E-state index in [1.807, 2.05) is 112 Å². The van der Waals surface area contributed by atoms with Crippen molar-refractivity contribution in [2.75, 3.05) is 11.9 Å². The summed E-state index contributed by atoms with van der Waals surface area (Å²) >= 11 is 0. The zero-order chi connectivity index (χ0) is 39.9. The van der Waals surface area contributed by atoms with Crippen molar-refractivity contribution in [3.8, 4) is 11.5 Å². The van der Waals surface area contributed by atoms with Gasteiger partial charge in [0.05, 0.1) is 24.9 Å². The minimum atomic E-state index is -0.637. The third-order valence-corrected chi connectivity index (χ3v) is 11.6. The minimum absolute atomic E-state index is 0.00824. The van der Waals surface area contributed by atoms with E-state index in [1.165, 1.54) is 19.3 Å². The summed E-state index contributed by atoms with van der Waals surface area (Å²) in [6.45, 7) is 9.26. The van der Waals surface area contributed by atoms with Crippen molar-refractivity contribution in [1.29, 1.82) is 0 Å². The topological polar surface area (TPSA) is 121 Å². The van der Waals surface area contributed by atoms with Crippen molar-refractivity contribution in [2.45, 2.75) is 115 Å². The molecular formula is C47H58N4O6. The smallest absolute Gasteiger partial charge is 0.319 e. The summed E-state index contributed by atoms with van der Waals surface area (Å²) in [5.74, 6) is 2.11. The Morgan fingerprint density at radius 3 is 2.16 bits per heavy atom. The molecule has 7 atom stereocenters. The second kappa shape index (κ2) is 18.2. The summed E-state index contributed by atoms with van der Waals surface area (Å²) in [4.78, 5) is 29.2. The van der Waals surface area contributed by atoms with E-state index in [9.17, 15) is 14.7 Å². The molecule has 3 aliphatic rings. The highest BCUT2D eigenvalue weighted by molar-refractivity contribution is 5.89. The van der Waals surface area contributed by atoms with E-state index in [2.05, 4.69) is 27.8 Å². The van der Waals surface area contributed by atoms with Gasteiger partial charge in [0.15, 0.2) is 6.29 Å². The third kappa shape index (κ3) is 10.4. The second-order valence-electron chi connectivity index (χ2n) is 17.0. The van der Waals surface area contributed by atoms with Crippen LogP contribution in [0.1, 0.15) is 101 Å². The molecule has 3 amide bonds. The van der Waals surface area contributed by atoms with Gasteiger partial charge in [-0.25, -0.2) is 4.79 Å². The Bertz CT molecular complexity index is 1920. The summed E-state index contributed by atoms with van der Waals surface area (Å²) in [7, 11) is 0. The van der Waals surface area contributed by atoms with E-state index in [0.717, 1.165) is 47.3 Å². The monoisotopic (exact) mass is 774 g/mol. The Morgan fingerprint density at radius 2 is 1.46 bits per heavy atom. The number of carbonyl (C=O) groups excluding carboxylic acids is 2. The summed E-state index contributed by atoms with van der Waals surface area (Å²) < 4.78 is 19.6. The zero-order valence-corrected chi connectivity index (χ0v) is 33.7. The number of hydrogen-bond acceptors (Lipinski definition) is 7. The quantitative estimate of drug-likeness (QED) is 0.120. The van der Waals surface area contributed by atoms with Crippen molar-refractivity contribution in [3.05, 3.63) is 125 Å². The van der Waals surface area contributed by atoms with Gasteiger partial charge in [0.2, 0.25) is 5.91 Å². The van der Waals surface area contributed by atoms with Crippen molar-refractivity contribution >= 4 is 17.6 Å². The van der Waals surface area contributed by atoms with Crippen LogP contribution in [0.25, 0.3) is 0 Å². The number of fused-ring (bicyclic) bond motifs is 1. The molecule has 0 bridgehead atoms. The Balaban J connectivity index is 1.04. The lowest BCUT2D eigenvalue weighted by atomic mass is 9.75. The lowest BCUT2D eigenvalue weighted by molar-refractivity contribution is -0.278. The maximum absolute atomic E-state index is 13.9. The first kappa shape index (κ1) is 40.5. The van der Waals surface area contributed by atoms with E-state index in [1.54, 1.807) is 12.1 Å². The number of ether oxygens (including phenoxy) is 3. The van der Waals surface area contributed by atoms with E-state index in [0.29, 0.717) is 36.5 Å². The van der Waals surface area contributed by atoms with Crippen LogP contribution in [0.3, 0.4) is 0 Å². The average Bonchev–Trinajstić information content (AvgIpc) is 3.21. The third-order valence-electron chi connectivity index (χ3n) is 11.6. The number of aliphatic hydroxyl groups is 1. The molecule has 4 aromatic carbocycles. The molecule has 2 heterocycles. The number of anilines is 1. The Kier molecular flexibility index (Phi) is 12.9. The molecule has 0 spiro atoms. The van der Waals surface area contributed by atoms with Crippen LogP contribution in [-0.2, 0) is 27.4 Å². The Labute approximate surface area is 337 Å². The molecule has 0 radical (unpaired) electrons. The molecular weight excluding hydrogens is 717 g/mol. The molecule has 2 aliphatic heterocycles. The largest absolute Gasteiger partial charge is 0.457 e. The van der Waals surface area contributed by atoms with Gasteiger partial charge < -0.3 is 35.3 Å². The number of aliphatic hydroxyl groups excluding tert-OH is 1. The fourth-order valence-corrected chi connectivity index (χ4v) is 8.64. The molecule has 0 aromatic heterocycles. The van der Waals surface area contributed by atoms with Gasteiger partial charge in [-0.2, -0.15) is 0 Å². The van der Waals surface area contributed by atoms with E-state index in [4.69, 9.17) is 14.2 Å². The SMILES string of the molecule is C[C@@H]1[C@H](CN2[C@@H](C(=O)NC(C)(C)C)CC[C@H]3CCCC[C@H]32)O[C@H](c2ccc(CNC(=O)Nc3ccc(Oc4ccccc4)cc3)cc2)O[C@@H]1c1ccc(CO)cc1. The average molecular weight is 775 g/mol. The highest BCUT2D eigenvalue weighted by Gasteiger charge is 2.46. The zero-order valence-electron chi connectivity index (χ0n) is 33.7. The molecule has 4 aromatic rings. The van der Waals surface area contributed by atoms with Crippen LogP contribution in [0.15, 0.2) is 103 Å². The predicted molar refractivity (Wildman–Crippen MR) is 222 cm³/mol. The molecule has 7 rings (SSSR count). The van der Waals surface area contributed by atoms with Gasteiger partial charge in [0, 0.05) is 41.8 Å². The minimum Gasteiger partial charge on any atom is -0.457 e. The number of piperidine rings is 1. The highest BCUT2D eigenvalue weighted by atomic mass is 16.7. The van der Waals surface area contributed by atoms with E-state index in [-0.39, 0.29) is 48.3 Å². The summed E-state index contributed by atoms with van der Waals surface area (Å²) in [5.41, 5.74) is 4.03. The van der Waals surface area contributed by atoms with Crippen molar-refractivity contribution in [1.82, 2.24) is 15.5 Å². The number of rotatable bonds is 11. The van der Waals surface area contributed by atoms with Gasteiger partial charge in [0.25, 0.3) is 0 Å². The van der Waals surface area contributed by atoms with Crippen LogP contribution in [-0.4, -0.2) is 52.2 Å². The van der Waals surface area contributed by atoms with Crippen molar-refractivity contribution < 1.29 is 28.9 Å². The fraction of sp³-hybridized carbons (Fsp3) is 0.447. The number of carbonyl (C=O) groups is 2. The number of urea groups is 1. The van der Waals surface area contributed by atoms with Crippen LogP contribution in [0.5, 0.6) is 11.5 Å². The molecule has 1 saturated carbocycles. The highest BCUT2D eigenvalue weighted by Crippen LogP contribution is 2.44. The molecule has 1 aliphatic carbocycles. The molecule has 57 heavy (non-hydrogen) atoms. The Hall–Kier alpha value is -4.74. The number of nitrogens with zero attached hydrogens (tertiary/aromatic N) is 1. The molecule has 10 heteroatoms. The first-order valence-corrected chi connectivity index (χ1v) is 20.6. The normalized spacial score (nSPS) is 25.2. The first-order chi connectivity index (χ1) is 27.5. The molecule has 302 valence electrons. The molecule has 2 saturated heterocycles. The number of likely N-dealkylation sites (tertiary alicyclic amines) is 1. The van der Waals surface area contributed by atoms with Crippen molar-refractivity contribution in [2.24, 2.45) is 11.8 Å². The molecule has 0 unspecified atom stereocenters. The molecule has 3 fully saturated rings. The van der Waals surface area contributed by atoms with Crippen LogP contribution in [0, 0.1) is 11.8 Å². The van der Waals surface area contributed by atoms with Gasteiger partial charge in [-0.05, 0) is 105 Å². The summed E-state index contributed by atoms with van der Waals surface area (Å²) in [5, 5.41) is 18.8. The van der Waals surface area contributed by atoms with Gasteiger partial charge >= 0.3 is 6.03 Å². The van der Waals surface area contributed by atoms with E-state index >= 15 is 0 Å². The summed E-state index contributed by atoms with van der Waals surface area (Å²) in [6.07, 6.45) is 5.56. The van der Waals surface area contributed by atoms with E-state index < -0.39 is 6.29 Å². The summed E-state index contributed by atoms with van der Waals surface area (Å²) in [6, 6.07) is 32.6. The maximum atomic E-state index is 13.9. The van der Waals surface area contributed by atoms with Crippen LogP contribution in [0.2, 0.25) is 0 Å². The lowest BCUT2D eigenvalue weighted by Gasteiger charge is -2.51. The van der Waals surface area contributed by atoms with Gasteiger partial charge in [0.1, 0.15) is 11.5 Å². The number of benzene rings is 4. The van der Waals surface area contributed by atoms with Gasteiger partial charge in [-0.3, -0.25) is 9.69 Å². The van der Waals surface area contributed by atoms with Gasteiger partial charge in [-0.15, -0.1) is 0 Å². The van der Waals surface area contributed by atoms with Crippen molar-refractivity contribution in [3.63, 3.8) is 0 Å². The molecule has 4 N–H and O–H groups in total. The second-order valence-corrected chi connectivity index (χ2v) is 17.0. The lowest BCUT2D eigenvalue weighted by Crippen LogP contribution is -2.61. The van der Waals surface area contributed by atoms with Crippen LogP contribution >= 0.6 is 0 Å². The fourth-order valence-electron chi connectivity index (χ4n) is 8.64. The number of para-hydroxylation sites is 1. The van der Waals surface area contributed by atoms with Crippen LogP contribution < -0.4 is 20.7 Å². The maximum Gasteiger partial charge on any atom is 0.319 e. The predicted octanol–water partition coefficient (Wildman–Crippen LogP) is 9.02. The van der Waals surface area contributed by atoms with Crippen LogP contribution in [0.4, 0.5) is 10.5 Å². The Morgan fingerprint density at radius 1 is 0.789 bits per heavy atom.